The van der Waals surface area contributed by atoms with Crippen molar-refractivity contribution >= 4 is 11.9 Å². The fraction of sp³-hybridized carbons (Fsp3) is 0.636. The molecular formula is C11H17NO3. The number of carboxylic acid groups (broad SMARTS) is 1. The third-order valence-electron chi connectivity index (χ3n) is 2.64. The predicted octanol–water partition coefficient (Wildman–Crippen LogP) is 1.47. The Hall–Kier alpha value is -1.32. The van der Waals surface area contributed by atoms with Crippen LogP contribution in [0.3, 0.4) is 0 Å². The van der Waals surface area contributed by atoms with Crippen molar-refractivity contribution in [1.29, 1.82) is 0 Å². The van der Waals surface area contributed by atoms with Crippen molar-refractivity contribution in [1.82, 2.24) is 5.32 Å². The smallest absolute Gasteiger partial charge is 0.331 e. The fourth-order valence-electron chi connectivity index (χ4n) is 1.75. The van der Waals surface area contributed by atoms with E-state index in [2.05, 4.69) is 5.32 Å². The van der Waals surface area contributed by atoms with Crippen LogP contribution in [-0.2, 0) is 9.59 Å². The zero-order valence-electron chi connectivity index (χ0n) is 8.95. The van der Waals surface area contributed by atoms with Crippen LogP contribution < -0.4 is 5.32 Å². The van der Waals surface area contributed by atoms with Gasteiger partial charge in [-0.3, -0.25) is 4.79 Å². The molecule has 0 aliphatic heterocycles. The van der Waals surface area contributed by atoms with E-state index in [1.165, 1.54) is 13.3 Å². The normalized spacial score (nSPS) is 18.6. The molecule has 0 bridgehead atoms. The Kier molecular flexibility index (Phi) is 4.34. The van der Waals surface area contributed by atoms with Crippen molar-refractivity contribution in [2.45, 2.75) is 45.1 Å². The second-order valence-corrected chi connectivity index (χ2v) is 3.98. The number of hydrogen-bond donors (Lipinski definition) is 2. The number of aliphatic carboxylic acids is 1. The molecule has 0 radical (unpaired) electrons. The summed E-state index contributed by atoms with van der Waals surface area (Å²) >= 11 is 0. The minimum atomic E-state index is -1.05. The molecule has 0 spiro atoms. The van der Waals surface area contributed by atoms with E-state index in [9.17, 15) is 9.59 Å². The molecule has 0 aromatic heterocycles. The van der Waals surface area contributed by atoms with Gasteiger partial charge in [0.25, 0.3) is 0 Å². The van der Waals surface area contributed by atoms with Gasteiger partial charge in [-0.25, -0.2) is 4.79 Å². The molecule has 2 N–H and O–H groups in total. The third kappa shape index (κ3) is 4.14. The minimum absolute atomic E-state index is 0.0725. The highest BCUT2D eigenvalue weighted by molar-refractivity contribution is 5.97. The van der Waals surface area contributed by atoms with Gasteiger partial charge < -0.3 is 10.4 Å². The van der Waals surface area contributed by atoms with E-state index in [-0.39, 0.29) is 17.5 Å². The standard InChI is InChI=1S/C11H17NO3/c1-8(11(14)15)7-10(13)12-9-5-3-2-4-6-9/h7,9H,2-6H2,1H3,(H,12,13)(H,14,15)/b8-7-. The summed E-state index contributed by atoms with van der Waals surface area (Å²) in [6.07, 6.45) is 6.68. The first kappa shape index (κ1) is 11.8. The van der Waals surface area contributed by atoms with Gasteiger partial charge in [0.1, 0.15) is 0 Å². The summed E-state index contributed by atoms with van der Waals surface area (Å²) in [5.41, 5.74) is 0.0725. The van der Waals surface area contributed by atoms with Gasteiger partial charge in [0.15, 0.2) is 0 Å². The number of carbonyl (C=O) groups excluding carboxylic acids is 1. The zero-order valence-corrected chi connectivity index (χ0v) is 8.95. The molecule has 0 aromatic carbocycles. The van der Waals surface area contributed by atoms with E-state index in [4.69, 9.17) is 5.11 Å². The first-order valence-corrected chi connectivity index (χ1v) is 5.31. The van der Waals surface area contributed by atoms with Crippen LogP contribution in [0.25, 0.3) is 0 Å². The highest BCUT2D eigenvalue weighted by Gasteiger charge is 2.15. The largest absolute Gasteiger partial charge is 0.478 e. The summed E-state index contributed by atoms with van der Waals surface area (Å²) in [4.78, 5) is 21.9. The van der Waals surface area contributed by atoms with E-state index in [0.717, 1.165) is 31.8 Å². The van der Waals surface area contributed by atoms with Crippen LogP contribution in [0.5, 0.6) is 0 Å². The molecule has 1 rings (SSSR count). The maximum atomic E-state index is 11.4. The predicted molar refractivity (Wildman–Crippen MR) is 56.4 cm³/mol. The molecule has 0 aromatic rings. The Morgan fingerprint density at radius 3 is 2.40 bits per heavy atom. The quantitative estimate of drug-likeness (QED) is 0.694. The molecule has 1 aliphatic carbocycles. The summed E-state index contributed by atoms with van der Waals surface area (Å²) in [7, 11) is 0. The van der Waals surface area contributed by atoms with Gasteiger partial charge in [-0.1, -0.05) is 19.3 Å². The topological polar surface area (TPSA) is 66.4 Å². The van der Waals surface area contributed by atoms with E-state index in [1.54, 1.807) is 0 Å². The zero-order chi connectivity index (χ0) is 11.3. The number of carbonyl (C=O) groups is 2. The van der Waals surface area contributed by atoms with Crippen molar-refractivity contribution in [3.8, 4) is 0 Å². The molecule has 1 aliphatic rings. The average Bonchev–Trinajstić information content (AvgIpc) is 2.18. The number of carboxylic acids is 1. The lowest BCUT2D eigenvalue weighted by molar-refractivity contribution is -0.133. The highest BCUT2D eigenvalue weighted by Crippen LogP contribution is 2.17. The van der Waals surface area contributed by atoms with E-state index >= 15 is 0 Å². The molecule has 15 heavy (non-hydrogen) atoms. The van der Waals surface area contributed by atoms with Gasteiger partial charge in [0.05, 0.1) is 0 Å². The van der Waals surface area contributed by atoms with Crippen molar-refractivity contribution in [2.75, 3.05) is 0 Å². The van der Waals surface area contributed by atoms with Crippen LogP contribution in [0.1, 0.15) is 39.0 Å². The second kappa shape index (κ2) is 5.53. The number of rotatable bonds is 3. The molecule has 4 nitrogen and oxygen atoms in total. The Balaban J connectivity index is 2.41. The molecule has 4 heteroatoms. The van der Waals surface area contributed by atoms with Gasteiger partial charge >= 0.3 is 5.97 Å². The van der Waals surface area contributed by atoms with Crippen LogP contribution >= 0.6 is 0 Å². The summed E-state index contributed by atoms with van der Waals surface area (Å²) in [6.45, 7) is 1.42. The van der Waals surface area contributed by atoms with Crippen LogP contribution in [0.2, 0.25) is 0 Å². The van der Waals surface area contributed by atoms with Gasteiger partial charge in [-0.15, -0.1) is 0 Å². The maximum Gasteiger partial charge on any atom is 0.331 e. The fourth-order valence-corrected chi connectivity index (χ4v) is 1.75. The highest BCUT2D eigenvalue weighted by atomic mass is 16.4. The maximum absolute atomic E-state index is 11.4. The summed E-state index contributed by atoms with van der Waals surface area (Å²) < 4.78 is 0. The molecule has 1 amide bonds. The monoisotopic (exact) mass is 211 g/mol. The number of hydrogen-bond acceptors (Lipinski definition) is 2. The lowest BCUT2D eigenvalue weighted by Crippen LogP contribution is -2.35. The Morgan fingerprint density at radius 2 is 1.87 bits per heavy atom. The molecule has 84 valence electrons. The van der Waals surface area contributed by atoms with E-state index in [0.29, 0.717) is 0 Å². The van der Waals surface area contributed by atoms with Gasteiger partial charge in [-0.05, 0) is 19.8 Å². The van der Waals surface area contributed by atoms with Crippen LogP contribution in [-0.4, -0.2) is 23.0 Å². The number of nitrogens with one attached hydrogen (secondary N) is 1. The van der Waals surface area contributed by atoms with Crippen molar-refractivity contribution < 1.29 is 14.7 Å². The molecule has 1 fully saturated rings. The molecule has 0 unspecified atom stereocenters. The average molecular weight is 211 g/mol. The van der Waals surface area contributed by atoms with Crippen molar-refractivity contribution in [3.05, 3.63) is 11.6 Å². The number of amides is 1. The van der Waals surface area contributed by atoms with Gasteiger partial charge in [0, 0.05) is 17.7 Å². The van der Waals surface area contributed by atoms with Crippen LogP contribution in [0.4, 0.5) is 0 Å². The van der Waals surface area contributed by atoms with E-state index in [1.807, 2.05) is 0 Å². The molecule has 0 heterocycles. The second-order valence-electron chi connectivity index (χ2n) is 3.98. The van der Waals surface area contributed by atoms with Crippen molar-refractivity contribution in [3.63, 3.8) is 0 Å². The molecular weight excluding hydrogens is 194 g/mol. The van der Waals surface area contributed by atoms with Gasteiger partial charge in [0.2, 0.25) is 5.91 Å². The lowest BCUT2D eigenvalue weighted by Gasteiger charge is -2.21. The van der Waals surface area contributed by atoms with Gasteiger partial charge in [-0.2, -0.15) is 0 Å². The summed E-state index contributed by atoms with van der Waals surface area (Å²) in [5, 5.41) is 11.4. The van der Waals surface area contributed by atoms with Crippen LogP contribution in [0, 0.1) is 0 Å². The lowest BCUT2D eigenvalue weighted by atomic mass is 9.95. The Labute approximate surface area is 89.4 Å². The SMILES string of the molecule is C/C(=C/C(=O)NC1CCCCC1)C(=O)O. The summed E-state index contributed by atoms with van der Waals surface area (Å²) in [5.74, 6) is -1.34. The summed E-state index contributed by atoms with van der Waals surface area (Å²) in [6, 6.07) is 0.226. The van der Waals surface area contributed by atoms with Crippen molar-refractivity contribution in [2.24, 2.45) is 0 Å². The molecule has 0 saturated heterocycles. The molecule has 1 saturated carbocycles. The first-order chi connectivity index (χ1) is 7.09. The van der Waals surface area contributed by atoms with E-state index < -0.39 is 5.97 Å². The Bertz CT molecular complexity index is 278. The molecule has 0 atom stereocenters. The third-order valence-corrected chi connectivity index (χ3v) is 2.64. The Morgan fingerprint density at radius 1 is 1.27 bits per heavy atom. The van der Waals surface area contributed by atoms with Crippen LogP contribution in [0.15, 0.2) is 11.6 Å². The minimum Gasteiger partial charge on any atom is -0.478 e. The first-order valence-electron chi connectivity index (χ1n) is 5.31.